The van der Waals surface area contributed by atoms with Gasteiger partial charge < -0.3 is 10.1 Å². The molecule has 6 nitrogen and oxygen atoms in total. The Balaban J connectivity index is 1.57. The van der Waals surface area contributed by atoms with Crippen LogP contribution in [0.1, 0.15) is 22.3 Å². The average molecular weight is 488 g/mol. The van der Waals surface area contributed by atoms with Gasteiger partial charge in [0.25, 0.3) is 5.91 Å². The van der Waals surface area contributed by atoms with E-state index in [0.29, 0.717) is 16.9 Å². The molecular weight excluding hydrogens is 470 g/mol. The lowest BCUT2D eigenvalue weighted by Crippen LogP contribution is -2.30. The number of nitrogens with one attached hydrogen (secondary N) is 1. The molecule has 3 aromatic rings. The summed E-state index contributed by atoms with van der Waals surface area (Å²) in [6.45, 7) is 0.387. The number of urea groups is 1. The summed E-state index contributed by atoms with van der Waals surface area (Å²) in [5.41, 5.74) is 2.96. The maximum absolute atomic E-state index is 12.9. The minimum absolute atomic E-state index is 0.173. The van der Waals surface area contributed by atoms with Crippen molar-refractivity contribution in [3.63, 3.8) is 0 Å². The zero-order chi connectivity index (χ0) is 22.5. The summed E-state index contributed by atoms with van der Waals surface area (Å²) in [6, 6.07) is 23.6. The molecule has 0 radical (unpaired) electrons. The van der Waals surface area contributed by atoms with Crippen LogP contribution >= 0.6 is 15.9 Å². The number of carbonyl (C=O) groups excluding carboxylic acids is 2. The van der Waals surface area contributed by atoms with Crippen molar-refractivity contribution in [2.75, 3.05) is 0 Å². The van der Waals surface area contributed by atoms with Crippen molar-refractivity contribution in [1.29, 1.82) is 5.26 Å². The number of carbonyl (C=O) groups is 2. The third-order valence-corrected chi connectivity index (χ3v) is 5.43. The highest BCUT2D eigenvalue weighted by molar-refractivity contribution is 9.10. The summed E-state index contributed by atoms with van der Waals surface area (Å²) in [6.07, 6.45) is 1.60. The van der Waals surface area contributed by atoms with Crippen molar-refractivity contribution in [3.8, 4) is 11.8 Å². The van der Waals surface area contributed by atoms with Crippen LogP contribution in [0.2, 0.25) is 0 Å². The van der Waals surface area contributed by atoms with Gasteiger partial charge in [-0.05, 0) is 35.9 Å². The first kappa shape index (κ1) is 21.3. The number of hydrogen-bond donors (Lipinski definition) is 1. The fourth-order valence-corrected chi connectivity index (χ4v) is 3.69. The quantitative estimate of drug-likeness (QED) is 0.392. The molecule has 1 heterocycles. The van der Waals surface area contributed by atoms with Crippen molar-refractivity contribution in [3.05, 3.63) is 105 Å². The smallest absolute Gasteiger partial charge is 0.329 e. The van der Waals surface area contributed by atoms with E-state index in [4.69, 9.17) is 4.74 Å². The number of hydrogen-bond acceptors (Lipinski definition) is 4. The van der Waals surface area contributed by atoms with Gasteiger partial charge in [0, 0.05) is 15.6 Å². The van der Waals surface area contributed by atoms with Gasteiger partial charge in [0.1, 0.15) is 18.1 Å². The molecule has 7 heteroatoms. The largest absolute Gasteiger partial charge is 0.488 e. The Kier molecular flexibility index (Phi) is 6.34. The SMILES string of the molecule is N#Cc1ccccc1COc1ccc(Br)cc1/C=C1/NC(=O)N(Cc2ccccc2)C1=O. The number of nitriles is 1. The Labute approximate surface area is 193 Å². The number of ether oxygens (including phenoxy) is 1. The van der Waals surface area contributed by atoms with Gasteiger partial charge in [-0.15, -0.1) is 0 Å². The van der Waals surface area contributed by atoms with Crippen LogP contribution in [0.3, 0.4) is 0 Å². The molecule has 4 rings (SSSR count). The van der Waals surface area contributed by atoms with Crippen LogP contribution in [-0.4, -0.2) is 16.8 Å². The van der Waals surface area contributed by atoms with Crippen LogP contribution in [-0.2, 0) is 17.9 Å². The van der Waals surface area contributed by atoms with Crippen LogP contribution < -0.4 is 10.1 Å². The third kappa shape index (κ3) is 4.71. The fraction of sp³-hybridized carbons (Fsp3) is 0.0800. The third-order valence-electron chi connectivity index (χ3n) is 4.94. The van der Waals surface area contributed by atoms with Gasteiger partial charge >= 0.3 is 6.03 Å². The molecule has 0 bridgehead atoms. The lowest BCUT2D eigenvalue weighted by atomic mass is 10.1. The average Bonchev–Trinajstić information content (AvgIpc) is 3.07. The first-order valence-electron chi connectivity index (χ1n) is 9.84. The van der Waals surface area contributed by atoms with Gasteiger partial charge in [0.15, 0.2) is 0 Å². The molecule has 0 unspecified atom stereocenters. The van der Waals surface area contributed by atoms with Gasteiger partial charge in [-0.1, -0.05) is 64.5 Å². The number of nitrogens with zero attached hydrogens (tertiary/aromatic N) is 2. The molecule has 1 saturated heterocycles. The first-order valence-corrected chi connectivity index (χ1v) is 10.6. The topological polar surface area (TPSA) is 82.4 Å². The molecule has 1 aliphatic heterocycles. The summed E-state index contributed by atoms with van der Waals surface area (Å²) in [7, 11) is 0. The van der Waals surface area contributed by atoms with Gasteiger partial charge in [-0.25, -0.2) is 4.79 Å². The molecule has 158 valence electrons. The minimum atomic E-state index is -0.467. The Morgan fingerprint density at radius 2 is 1.78 bits per heavy atom. The Morgan fingerprint density at radius 3 is 2.56 bits per heavy atom. The molecule has 0 spiro atoms. The van der Waals surface area contributed by atoms with Gasteiger partial charge in [-0.3, -0.25) is 9.69 Å². The predicted molar refractivity (Wildman–Crippen MR) is 123 cm³/mol. The van der Waals surface area contributed by atoms with Gasteiger partial charge in [0.05, 0.1) is 18.2 Å². The van der Waals surface area contributed by atoms with Crippen molar-refractivity contribution in [1.82, 2.24) is 10.2 Å². The molecule has 0 atom stereocenters. The lowest BCUT2D eigenvalue weighted by Gasteiger charge is -2.12. The number of imide groups is 1. The molecule has 3 amide bonds. The molecule has 3 aromatic carbocycles. The second-order valence-electron chi connectivity index (χ2n) is 7.10. The highest BCUT2D eigenvalue weighted by Gasteiger charge is 2.33. The lowest BCUT2D eigenvalue weighted by molar-refractivity contribution is -0.123. The summed E-state index contributed by atoms with van der Waals surface area (Å²) in [5.74, 6) is 0.122. The van der Waals surface area contributed by atoms with Crippen LogP contribution in [0, 0.1) is 11.3 Å². The Bertz CT molecular complexity index is 1250. The van der Waals surface area contributed by atoms with Gasteiger partial charge in [-0.2, -0.15) is 5.26 Å². The van der Waals surface area contributed by atoms with Crippen molar-refractivity contribution < 1.29 is 14.3 Å². The molecule has 0 saturated carbocycles. The van der Waals surface area contributed by atoms with E-state index < -0.39 is 11.9 Å². The number of halogens is 1. The molecule has 0 aromatic heterocycles. The fourth-order valence-electron chi connectivity index (χ4n) is 3.31. The van der Waals surface area contributed by atoms with Crippen LogP contribution in [0.25, 0.3) is 6.08 Å². The Hall–Kier alpha value is -3.89. The maximum atomic E-state index is 12.9. The van der Waals surface area contributed by atoms with E-state index in [0.717, 1.165) is 15.6 Å². The highest BCUT2D eigenvalue weighted by Crippen LogP contribution is 2.28. The predicted octanol–water partition coefficient (Wildman–Crippen LogP) is 4.99. The van der Waals surface area contributed by atoms with E-state index in [-0.39, 0.29) is 18.8 Å². The monoisotopic (exact) mass is 487 g/mol. The van der Waals surface area contributed by atoms with E-state index >= 15 is 0 Å². The van der Waals surface area contributed by atoms with Crippen LogP contribution in [0.5, 0.6) is 5.75 Å². The summed E-state index contributed by atoms with van der Waals surface area (Å²) in [5, 5.41) is 11.9. The van der Waals surface area contributed by atoms with E-state index in [1.807, 2.05) is 48.5 Å². The van der Waals surface area contributed by atoms with E-state index in [2.05, 4.69) is 27.3 Å². The summed E-state index contributed by atoms with van der Waals surface area (Å²) in [4.78, 5) is 26.4. The van der Waals surface area contributed by atoms with Gasteiger partial charge in [0.2, 0.25) is 0 Å². The van der Waals surface area contributed by atoms with E-state index in [9.17, 15) is 14.9 Å². The zero-order valence-electron chi connectivity index (χ0n) is 16.9. The van der Waals surface area contributed by atoms with Crippen LogP contribution in [0.4, 0.5) is 4.79 Å². The molecule has 1 aliphatic rings. The second-order valence-corrected chi connectivity index (χ2v) is 8.02. The maximum Gasteiger partial charge on any atom is 0.329 e. The summed E-state index contributed by atoms with van der Waals surface area (Å²) >= 11 is 3.44. The van der Waals surface area contributed by atoms with Crippen molar-refractivity contribution >= 4 is 33.9 Å². The Morgan fingerprint density at radius 1 is 1.03 bits per heavy atom. The first-order chi connectivity index (χ1) is 15.5. The normalized spacial score (nSPS) is 14.4. The zero-order valence-corrected chi connectivity index (χ0v) is 18.5. The molecule has 1 fully saturated rings. The molecule has 0 aliphatic carbocycles. The molecule has 1 N–H and O–H groups in total. The molecular formula is C25H18BrN3O3. The van der Waals surface area contributed by atoms with E-state index in [1.54, 1.807) is 30.3 Å². The number of amides is 3. The molecule has 32 heavy (non-hydrogen) atoms. The van der Waals surface area contributed by atoms with Crippen molar-refractivity contribution in [2.24, 2.45) is 0 Å². The number of benzene rings is 3. The standard InChI is InChI=1S/C25H18BrN3O3/c26-21-10-11-23(32-16-19-9-5-4-8-18(19)14-27)20(12-21)13-22-24(30)29(25(31)28-22)15-17-6-2-1-3-7-17/h1-13H,15-16H2,(H,28,31)/b22-13+. The second kappa shape index (κ2) is 9.50. The van der Waals surface area contributed by atoms with Crippen molar-refractivity contribution in [2.45, 2.75) is 13.2 Å². The van der Waals surface area contributed by atoms with Crippen LogP contribution in [0.15, 0.2) is 83.0 Å². The minimum Gasteiger partial charge on any atom is -0.488 e. The highest BCUT2D eigenvalue weighted by atomic mass is 79.9. The summed E-state index contributed by atoms with van der Waals surface area (Å²) < 4.78 is 6.76. The van der Waals surface area contributed by atoms with E-state index in [1.165, 1.54) is 4.90 Å². The number of rotatable bonds is 6.